The van der Waals surface area contributed by atoms with Gasteiger partial charge < -0.3 is 42.9 Å². The van der Waals surface area contributed by atoms with Gasteiger partial charge in [-0.3, -0.25) is 19.2 Å². The highest BCUT2D eigenvalue weighted by atomic mass is 16.4. The number of hydrogen-bond donors (Lipinski definition) is 7. The normalized spacial score (nSPS) is 19.3. The molecule has 1 fully saturated rings. The van der Waals surface area contributed by atoms with Crippen molar-refractivity contribution in [3.63, 3.8) is 0 Å². The predicted octanol–water partition coefficient (Wildman–Crippen LogP) is -2.87. The summed E-state index contributed by atoms with van der Waals surface area (Å²) in [5.41, 5.74) is 16.4. The van der Waals surface area contributed by atoms with Gasteiger partial charge in [0.05, 0.1) is 12.1 Å². The molecule has 13 nitrogen and oxygen atoms in total. The maximum atomic E-state index is 12.9. The summed E-state index contributed by atoms with van der Waals surface area (Å²) in [5, 5.41) is 23.9. The molecule has 1 aliphatic rings. The second kappa shape index (κ2) is 13.7. The molecule has 0 aromatic carbocycles. The maximum absolute atomic E-state index is 12.9. The zero-order valence-corrected chi connectivity index (χ0v) is 18.9. The van der Waals surface area contributed by atoms with Crippen molar-refractivity contribution in [2.45, 2.75) is 82.1 Å². The largest absolute Gasteiger partial charge is 0.480 e. The Labute approximate surface area is 192 Å². The topological polar surface area (TPSA) is 231 Å². The number of nitrogens with one attached hydrogen (secondary N) is 2. The fourth-order valence-corrected chi connectivity index (χ4v) is 3.61. The van der Waals surface area contributed by atoms with E-state index in [9.17, 15) is 34.2 Å². The van der Waals surface area contributed by atoms with Crippen LogP contribution in [0.5, 0.6) is 0 Å². The molecule has 1 heterocycles. The van der Waals surface area contributed by atoms with Gasteiger partial charge in [-0.2, -0.15) is 0 Å². The summed E-state index contributed by atoms with van der Waals surface area (Å²) in [5.74, 6) is -4.09. The van der Waals surface area contributed by atoms with E-state index in [0.29, 0.717) is 38.8 Å². The van der Waals surface area contributed by atoms with E-state index in [1.807, 2.05) is 0 Å². The van der Waals surface area contributed by atoms with E-state index in [2.05, 4.69) is 10.6 Å². The molecular weight excluding hydrogens is 436 g/mol. The van der Waals surface area contributed by atoms with E-state index < -0.39 is 54.0 Å². The molecule has 1 saturated heterocycles. The van der Waals surface area contributed by atoms with E-state index >= 15 is 0 Å². The molecule has 13 heteroatoms. The summed E-state index contributed by atoms with van der Waals surface area (Å²) >= 11 is 0. The number of hydrogen-bond acceptors (Lipinski definition) is 8. The third kappa shape index (κ3) is 8.94. The number of primary amides is 1. The molecule has 33 heavy (non-hydrogen) atoms. The average molecular weight is 473 g/mol. The number of carbonyl (C=O) groups excluding carboxylic acids is 4. The molecule has 0 aliphatic carbocycles. The summed E-state index contributed by atoms with van der Waals surface area (Å²) < 4.78 is 0. The van der Waals surface area contributed by atoms with Gasteiger partial charge in [-0.25, -0.2) is 4.79 Å². The molecule has 0 bridgehead atoms. The van der Waals surface area contributed by atoms with E-state index in [1.165, 1.54) is 11.8 Å². The van der Waals surface area contributed by atoms with Crippen LogP contribution in [-0.2, 0) is 24.0 Å². The van der Waals surface area contributed by atoms with Crippen LogP contribution in [0.25, 0.3) is 0 Å². The molecule has 5 unspecified atom stereocenters. The lowest BCUT2D eigenvalue weighted by Crippen LogP contribution is -2.59. The molecule has 1 aliphatic heterocycles. The highest BCUT2D eigenvalue weighted by Gasteiger charge is 2.38. The van der Waals surface area contributed by atoms with Crippen molar-refractivity contribution in [2.75, 3.05) is 13.1 Å². The first-order valence-corrected chi connectivity index (χ1v) is 11.1. The number of aliphatic hydroxyl groups excluding tert-OH is 1. The summed E-state index contributed by atoms with van der Waals surface area (Å²) in [6, 6.07) is -4.54. The Kier molecular flexibility index (Phi) is 11.7. The van der Waals surface area contributed by atoms with E-state index in [0.717, 1.165) is 6.42 Å². The van der Waals surface area contributed by atoms with Crippen molar-refractivity contribution >= 4 is 29.6 Å². The van der Waals surface area contributed by atoms with Gasteiger partial charge in [0.2, 0.25) is 23.6 Å². The first-order valence-electron chi connectivity index (χ1n) is 11.1. The van der Waals surface area contributed by atoms with Crippen molar-refractivity contribution in [2.24, 2.45) is 17.2 Å². The molecule has 0 spiro atoms. The Morgan fingerprint density at radius 3 is 2.33 bits per heavy atom. The molecule has 0 aromatic heterocycles. The van der Waals surface area contributed by atoms with Crippen LogP contribution in [0.3, 0.4) is 0 Å². The van der Waals surface area contributed by atoms with Crippen molar-refractivity contribution in [3.8, 4) is 0 Å². The Hall–Kier alpha value is -2.77. The second-order valence-electron chi connectivity index (χ2n) is 8.21. The number of likely N-dealkylation sites (tertiary alicyclic amines) is 1. The molecule has 5 atom stereocenters. The Morgan fingerprint density at radius 2 is 1.79 bits per heavy atom. The van der Waals surface area contributed by atoms with Crippen molar-refractivity contribution in [1.29, 1.82) is 0 Å². The SMILES string of the molecule is CC(O)C(NC(=O)C1CCCN1C(=O)C(N)CCCCN)C(=O)NC(CCC(N)=O)C(=O)O. The lowest BCUT2D eigenvalue weighted by molar-refractivity contribution is -0.144. The standard InChI is InChI=1S/C20H36N6O7/c1-11(27)16(18(30)24-13(20(32)33)7-8-15(23)28)25-17(29)14-6-4-10-26(14)19(31)12(22)5-2-3-9-21/h11-14,16,27H,2-10,21-22H2,1H3,(H2,23,28)(H,24,30)(H,25,29)(H,32,33). The van der Waals surface area contributed by atoms with Gasteiger partial charge >= 0.3 is 5.97 Å². The van der Waals surface area contributed by atoms with E-state index in [1.54, 1.807) is 0 Å². The summed E-state index contributed by atoms with van der Waals surface area (Å²) in [6.07, 6.45) is 0.894. The van der Waals surface area contributed by atoms with Gasteiger partial charge in [-0.15, -0.1) is 0 Å². The number of aliphatic hydroxyl groups is 1. The minimum Gasteiger partial charge on any atom is -0.480 e. The van der Waals surface area contributed by atoms with Crippen LogP contribution in [0.1, 0.15) is 51.9 Å². The molecule has 0 radical (unpaired) electrons. The predicted molar refractivity (Wildman–Crippen MR) is 117 cm³/mol. The third-order valence-corrected chi connectivity index (χ3v) is 5.48. The number of carboxylic acids is 1. The lowest BCUT2D eigenvalue weighted by atomic mass is 10.1. The van der Waals surface area contributed by atoms with Gasteiger partial charge in [0.25, 0.3) is 0 Å². The Bertz CT molecular complexity index is 717. The number of aliphatic carboxylic acids is 1. The van der Waals surface area contributed by atoms with Crippen LogP contribution in [0.2, 0.25) is 0 Å². The smallest absolute Gasteiger partial charge is 0.326 e. The fraction of sp³-hybridized carbons (Fsp3) is 0.750. The summed E-state index contributed by atoms with van der Waals surface area (Å²) in [6.45, 7) is 2.08. The van der Waals surface area contributed by atoms with Crippen LogP contribution in [0.4, 0.5) is 0 Å². The molecule has 1 rings (SSSR count). The zero-order valence-electron chi connectivity index (χ0n) is 18.9. The van der Waals surface area contributed by atoms with Crippen molar-refractivity contribution in [1.82, 2.24) is 15.5 Å². The molecule has 0 saturated carbocycles. The number of carbonyl (C=O) groups is 5. The lowest BCUT2D eigenvalue weighted by Gasteiger charge is -2.29. The number of unbranched alkanes of at least 4 members (excludes halogenated alkanes) is 1. The highest BCUT2D eigenvalue weighted by Crippen LogP contribution is 2.19. The summed E-state index contributed by atoms with van der Waals surface area (Å²) in [7, 11) is 0. The van der Waals surface area contributed by atoms with Crippen LogP contribution < -0.4 is 27.8 Å². The van der Waals surface area contributed by atoms with E-state index in [-0.39, 0.29) is 18.7 Å². The maximum Gasteiger partial charge on any atom is 0.326 e. The van der Waals surface area contributed by atoms with Crippen molar-refractivity contribution < 1.29 is 34.2 Å². The third-order valence-electron chi connectivity index (χ3n) is 5.48. The van der Waals surface area contributed by atoms with Crippen molar-refractivity contribution in [3.05, 3.63) is 0 Å². The van der Waals surface area contributed by atoms with Crippen LogP contribution in [-0.4, -0.2) is 88.1 Å². The quantitative estimate of drug-likeness (QED) is 0.129. The fourth-order valence-electron chi connectivity index (χ4n) is 3.61. The zero-order chi connectivity index (χ0) is 25.1. The Morgan fingerprint density at radius 1 is 1.12 bits per heavy atom. The van der Waals surface area contributed by atoms with Crippen LogP contribution in [0, 0.1) is 0 Å². The number of rotatable bonds is 14. The first kappa shape index (κ1) is 28.3. The number of amides is 4. The van der Waals surface area contributed by atoms with E-state index in [4.69, 9.17) is 17.2 Å². The van der Waals surface area contributed by atoms with Crippen LogP contribution >= 0.6 is 0 Å². The van der Waals surface area contributed by atoms with Gasteiger partial charge in [-0.05, 0) is 45.6 Å². The molecular formula is C20H36N6O7. The van der Waals surface area contributed by atoms with Crippen LogP contribution in [0.15, 0.2) is 0 Å². The second-order valence-corrected chi connectivity index (χ2v) is 8.21. The van der Waals surface area contributed by atoms with Gasteiger partial charge in [0.15, 0.2) is 0 Å². The molecule has 10 N–H and O–H groups in total. The van der Waals surface area contributed by atoms with Gasteiger partial charge in [-0.1, -0.05) is 6.42 Å². The van der Waals surface area contributed by atoms with Gasteiger partial charge in [0.1, 0.15) is 18.1 Å². The van der Waals surface area contributed by atoms with Gasteiger partial charge in [0, 0.05) is 13.0 Å². The highest BCUT2D eigenvalue weighted by molar-refractivity contribution is 5.94. The number of carboxylic acid groups (broad SMARTS) is 1. The molecule has 0 aromatic rings. The number of nitrogens with zero attached hydrogens (tertiary/aromatic N) is 1. The first-order chi connectivity index (χ1) is 15.5. The monoisotopic (exact) mass is 472 g/mol. The average Bonchev–Trinajstić information content (AvgIpc) is 3.23. The molecule has 188 valence electrons. The molecule has 4 amide bonds. The minimum absolute atomic E-state index is 0.246. The minimum atomic E-state index is -1.47. The number of nitrogens with two attached hydrogens (primary N) is 3. The summed E-state index contributed by atoms with van der Waals surface area (Å²) in [4.78, 5) is 61.8. The Balaban J connectivity index is 2.82.